The highest BCUT2D eigenvalue weighted by Crippen LogP contribution is 2.30. The molecule has 0 saturated carbocycles. The Hall–Kier alpha value is -1.94. The average molecular weight is 263 g/mol. The Kier molecular flexibility index (Phi) is 3.53. The van der Waals surface area contributed by atoms with Gasteiger partial charge in [0.15, 0.2) is 0 Å². The zero-order valence-electron chi connectivity index (χ0n) is 10.8. The van der Waals surface area contributed by atoms with Crippen LogP contribution in [0.1, 0.15) is 18.1 Å². The number of rotatable bonds is 3. The molecule has 1 unspecified atom stereocenters. The highest BCUT2D eigenvalue weighted by atomic mass is 19.1. The zero-order chi connectivity index (χ0) is 14.0. The third kappa shape index (κ3) is 2.58. The molecule has 0 aromatic heterocycles. The summed E-state index contributed by atoms with van der Waals surface area (Å²) in [6.45, 7) is 1.65. The van der Waals surface area contributed by atoms with E-state index in [9.17, 15) is 8.78 Å². The quantitative estimate of drug-likeness (QED) is 0.923. The van der Waals surface area contributed by atoms with E-state index in [1.165, 1.54) is 0 Å². The van der Waals surface area contributed by atoms with E-state index in [2.05, 4.69) is 0 Å². The first-order chi connectivity index (χ1) is 8.95. The van der Waals surface area contributed by atoms with Gasteiger partial charge in [-0.05, 0) is 42.8 Å². The molecular weight excluding hydrogens is 248 g/mol. The van der Waals surface area contributed by atoms with Gasteiger partial charge in [0.05, 0.1) is 12.6 Å². The Bertz CT molecular complexity index is 579. The molecule has 2 aromatic rings. The second-order valence-corrected chi connectivity index (χ2v) is 4.56. The first-order valence-electron chi connectivity index (χ1n) is 5.84. The molecule has 0 aliphatic rings. The molecule has 0 heterocycles. The summed E-state index contributed by atoms with van der Waals surface area (Å²) in [5, 5.41) is 0. The van der Waals surface area contributed by atoms with Crippen molar-refractivity contribution in [2.45, 2.75) is 12.5 Å². The van der Waals surface area contributed by atoms with Crippen molar-refractivity contribution < 1.29 is 13.5 Å². The van der Waals surface area contributed by atoms with Crippen molar-refractivity contribution in [2.75, 3.05) is 7.11 Å². The largest absolute Gasteiger partial charge is 0.497 e. The highest BCUT2D eigenvalue weighted by molar-refractivity contribution is 5.40. The van der Waals surface area contributed by atoms with Crippen LogP contribution in [0.2, 0.25) is 0 Å². The first kappa shape index (κ1) is 13.5. The van der Waals surface area contributed by atoms with Gasteiger partial charge < -0.3 is 10.5 Å². The van der Waals surface area contributed by atoms with Crippen LogP contribution in [0.4, 0.5) is 8.78 Å². The molecule has 0 aliphatic heterocycles. The topological polar surface area (TPSA) is 35.2 Å². The fourth-order valence-electron chi connectivity index (χ4n) is 1.99. The number of halogens is 2. The molecule has 2 nitrogen and oxygen atoms in total. The van der Waals surface area contributed by atoms with Gasteiger partial charge in [-0.3, -0.25) is 0 Å². The van der Waals surface area contributed by atoms with Crippen molar-refractivity contribution in [3.63, 3.8) is 0 Å². The molecule has 2 aromatic carbocycles. The molecule has 100 valence electrons. The maximum atomic E-state index is 13.8. The Morgan fingerprint density at radius 1 is 1.05 bits per heavy atom. The van der Waals surface area contributed by atoms with E-state index in [1.54, 1.807) is 38.3 Å². The molecule has 0 spiro atoms. The molecule has 19 heavy (non-hydrogen) atoms. The molecule has 2 rings (SSSR count). The SMILES string of the molecule is COc1ccc(C(C)(N)c2cc(F)ccc2F)cc1. The lowest BCUT2D eigenvalue weighted by Gasteiger charge is -2.26. The van der Waals surface area contributed by atoms with E-state index in [1.807, 2.05) is 0 Å². The van der Waals surface area contributed by atoms with Gasteiger partial charge in [-0.15, -0.1) is 0 Å². The zero-order valence-corrected chi connectivity index (χ0v) is 10.8. The van der Waals surface area contributed by atoms with E-state index in [-0.39, 0.29) is 5.56 Å². The summed E-state index contributed by atoms with van der Waals surface area (Å²) >= 11 is 0. The van der Waals surface area contributed by atoms with Crippen LogP contribution in [0.3, 0.4) is 0 Å². The fourth-order valence-corrected chi connectivity index (χ4v) is 1.99. The Balaban J connectivity index is 2.48. The normalized spacial score (nSPS) is 13.9. The molecular formula is C15H15F2NO. The van der Waals surface area contributed by atoms with Gasteiger partial charge in [0.25, 0.3) is 0 Å². The van der Waals surface area contributed by atoms with E-state index >= 15 is 0 Å². The van der Waals surface area contributed by atoms with Gasteiger partial charge in [0.2, 0.25) is 0 Å². The molecule has 0 amide bonds. The lowest BCUT2D eigenvalue weighted by Crippen LogP contribution is -2.35. The second-order valence-electron chi connectivity index (χ2n) is 4.56. The maximum Gasteiger partial charge on any atom is 0.128 e. The van der Waals surface area contributed by atoms with Crippen molar-refractivity contribution in [3.05, 3.63) is 65.2 Å². The van der Waals surface area contributed by atoms with E-state index < -0.39 is 17.2 Å². The van der Waals surface area contributed by atoms with Crippen LogP contribution in [0.5, 0.6) is 5.75 Å². The molecule has 1 atom stereocenters. The van der Waals surface area contributed by atoms with Crippen LogP contribution in [0.15, 0.2) is 42.5 Å². The second kappa shape index (κ2) is 4.97. The van der Waals surface area contributed by atoms with Crippen molar-refractivity contribution >= 4 is 0 Å². The average Bonchev–Trinajstić information content (AvgIpc) is 2.41. The van der Waals surface area contributed by atoms with Gasteiger partial charge in [-0.25, -0.2) is 8.78 Å². The Morgan fingerprint density at radius 2 is 1.68 bits per heavy atom. The third-order valence-electron chi connectivity index (χ3n) is 3.18. The molecule has 0 bridgehead atoms. The molecule has 4 heteroatoms. The minimum atomic E-state index is -1.11. The highest BCUT2D eigenvalue weighted by Gasteiger charge is 2.27. The fraction of sp³-hybridized carbons (Fsp3) is 0.200. The number of methoxy groups -OCH3 is 1. The van der Waals surface area contributed by atoms with Gasteiger partial charge in [0.1, 0.15) is 17.4 Å². The maximum absolute atomic E-state index is 13.8. The summed E-state index contributed by atoms with van der Waals surface area (Å²) in [6.07, 6.45) is 0. The van der Waals surface area contributed by atoms with Crippen molar-refractivity contribution in [3.8, 4) is 5.75 Å². The monoisotopic (exact) mass is 263 g/mol. The van der Waals surface area contributed by atoms with Crippen LogP contribution in [-0.4, -0.2) is 7.11 Å². The number of hydrogen-bond donors (Lipinski definition) is 1. The minimum Gasteiger partial charge on any atom is -0.497 e. The lowest BCUT2D eigenvalue weighted by atomic mass is 9.85. The Labute approximate surface area is 110 Å². The van der Waals surface area contributed by atoms with Gasteiger partial charge in [-0.1, -0.05) is 12.1 Å². The minimum absolute atomic E-state index is 0.123. The van der Waals surface area contributed by atoms with Crippen LogP contribution >= 0.6 is 0 Å². The number of hydrogen-bond acceptors (Lipinski definition) is 2. The lowest BCUT2D eigenvalue weighted by molar-refractivity contribution is 0.414. The molecule has 2 N–H and O–H groups in total. The number of nitrogens with two attached hydrogens (primary N) is 1. The summed E-state index contributed by atoms with van der Waals surface area (Å²) in [5.41, 5.74) is 5.86. The summed E-state index contributed by atoms with van der Waals surface area (Å²) in [6, 6.07) is 10.2. The van der Waals surface area contributed by atoms with E-state index in [4.69, 9.17) is 10.5 Å². The van der Waals surface area contributed by atoms with E-state index in [0.717, 1.165) is 18.2 Å². The van der Waals surface area contributed by atoms with Crippen LogP contribution in [0, 0.1) is 11.6 Å². The van der Waals surface area contributed by atoms with Gasteiger partial charge in [-0.2, -0.15) is 0 Å². The van der Waals surface area contributed by atoms with Crippen molar-refractivity contribution in [1.29, 1.82) is 0 Å². The predicted molar refractivity (Wildman–Crippen MR) is 70.0 cm³/mol. The first-order valence-corrected chi connectivity index (χ1v) is 5.84. The molecule has 0 aliphatic carbocycles. The van der Waals surface area contributed by atoms with Crippen molar-refractivity contribution in [2.24, 2.45) is 5.73 Å². The van der Waals surface area contributed by atoms with Gasteiger partial charge >= 0.3 is 0 Å². The van der Waals surface area contributed by atoms with E-state index in [0.29, 0.717) is 11.3 Å². The summed E-state index contributed by atoms with van der Waals surface area (Å²) in [5.74, 6) is -0.358. The van der Waals surface area contributed by atoms with Crippen molar-refractivity contribution in [1.82, 2.24) is 0 Å². The van der Waals surface area contributed by atoms with Crippen LogP contribution in [-0.2, 0) is 5.54 Å². The third-order valence-corrected chi connectivity index (χ3v) is 3.18. The molecule has 0 saturated heterocycles. The molecule has 0 radical (unpaired) electrons. The summed E-state index contributed by atoms with van der Waals surface area (Å²) in [4.78, 5) is 0. The predicted octanol–water partition coefficient (Wildman–Crippen LogP) is 3.20. The van der Waals surface area contributed by atoms with Crippen LogP contribution < -0.4 is 10.5 Å². The Morgan fingerprint density at radius 3 is 2.26 bits per heavy atom. The number of ether oxygens (including phenoxy) is 1. The molecule has 0 fully saturated rings. The summed E-state index contributed by atoms with van der Waals surface area (Å²) < 4.78 is 32.2. The summed E-state index contributed by atoms with van der Waals surface area (Å²) in [7, 11) is 1.56. The smallest absolute Gasteiger partial charge is 0.128 e. The van der Waals surface area contributed by atoms with Crippen LogP contribution in [0.25, 0.3) is 0 Å². The van der Waals surface area contributed by atoms with Gasteiger partial charge in [0, 0.05) is 5.56 Å². The standard InChI is InChI=1S/C15H15F2NO/c1-15(18,10-3-6-12(19-2)7-4-10)13-9-11(16)5-8-14(13)17/h3-9H,18H2,1-2H3. The number of benzene rings is 2.